The second-order valence-corrected chi connectivity index (χ2v) is 5.87. The van der Waals surface area contributed by atoms with Crippen LogP contribution in [0.3, 0.4) is 0 Å². The summed E-state index contributed by atoms with van der Waals surface area (Å²) in [4.78, 5) is 4.76. The van der Waals surface area contributed by atoms with Crippen molar-refractivity contribution in [2.45, 2.75) is 30.5 Å². The van der Waals surface area contributed by atoms with Crippen LogP contribution in [0.5, 0.6) is 0 Å². The van der Waals surface area contributed by atoms with E-state index in [-0.39, 0.29) is 5.50 Å². The lowest BCUT2D eigenvalue weighted by Gasteiger charge is -2.12. The number of anilines is 1. The number of nitrogens with one attached hydrogen (secondary N) is 2. The molecule has 1 aromatic carbocycles. The van der Waals surface area contributed by atoms with Crippen molar-refractivity contribution in [2.75, 3.05) is 12.4 Å². The molecule has 3 rings (SSSR count). The molecule has 3 nitrogen and oxygen atoms in total. The Kier molecular flexibility index (Phi) is 3.78. The van der Waals surface area contributed by atoms with Crippen LogP contribution < -0.4 is 10.6 Å². The third-order valence-corrected chi connectivity index (χ3v) is 4.53. The van der Waals surface area contributed by atoms with Gasteiger partial charge in [-0.05, 0) is 30.9 Å². The molecule has 0 saturated heterocycles. The van der Waals surface area contributed by atoms with E-state index in [2.05, 4.69) is 41.0 Å². The molecule has 0 fully saturated rings. The van der Waals surface area contributed by atoms with Crippen molar-refractivity contribution in [3.63, 3.8) is 0 Å². The van der Waals surface area contributed by atoms with Crippen LogP contribution in [-0.2, 0) is 5.75 Å². The van der Waals surface area contributed by atoms with Gasteiger partial charge in [-0.15, -0.1) is 11.8 Å². The van der Waals surface area contributed by atoms with Crippen LogP contribution >= 0.6 is 11.8 Å². The summed E-state index contributed by atoms with van der Waals surface area (Å²) < 4.78 is 0. The average Bonchev–Trinajstić information content (AvgIpc) is 2.88. The van der Waals surface area contributed by atoms with Crippen molar-refractivity contribution in [1.82, 2.24) is 5.32 Å². The lowest BCUT2D eigenvalue weighted by molar-refractivity contribution is 0.821. The van der Waals surface area contributed by atoms with Crippen LogP contribution in [0.15, 0.2) is 41.0 Å². The maximum atomic E-state index is 4.76. The molecule has 0 aromatic heterocycles. The molecule has 4 heteroatoms. The van der Waals surface area contributed by atoms with Gasteiger partial charge in [0.1, 0.15) is 0 Å². The van der Waals surface area contributed by atoms with Gasteiger partial charge < -0.3 is 10.6 Å². The molecule has 0 spiro atoms. The van der Waals surface area contributed by atoms with E-state index in [0.29, 0.717) is 0 Å². The zero-order valence-electron chi connectivity index (χ0n) is 11.1. The maximum absolute atomic E-state index is 4.76. The molecule has 0 saturated carbocycles. The summed E-state index contributed by atoms with van der Waals surface area (Å²) in [7, 11) is 1.97. The highest BCUT2D eigenvalue weighted by molar-refractivity contribution is 7.99. The monoisotopic (exact) mass is 273 g/mol. The van der Waals surface area contributed by atoms with Gasteiger partial charge in [0.15, 0.2) is 5.50 Å². The molecule has 100 valence electrons. The summed E-state index contributed by atoms with van der Waals surface area (Å²) in [6, 6.07) is 8.44. The summed E-state index contributed by atoms with van der Waals surface area (Å²) >= 11 is 1.85. The normalized spacial score (nSPS) is 21.2. The quantitative estimate of drug-likeness (QED) is 0.883. The van der Waals surface area contributed by atoms with Gasteiger partial charge in [0, 0.05) is 18.5 Å². The molecule has 1 unspecified atom stereocenters. The van der Waals surface area contributed by atoms with Gasteiger partial charge in [-0.1, -0.05) is 24.3 Å². The first-order valence-electron chi connectivity index (χ1n) is 6.78. The minimum Gasteiger partial charge on any atom is -0.388 e. The van der Waals surface area contributed by atoms with E-state index >= 15 is 0 Å². The number of nitrogens with zero attached hydrogens (tertiary/aromatic N) is 1. The number of thioether (sulfide) groups is 1. The van der Waals surface area contributed by atoms with Crippen molar-refractivity contribution in [1.29, 1.82) is 0 Å². The number of fused-ring (bicyclic) bond motifs is 1. The number of aliphatic imine (C=N–C) groups is 1. The largest absolute Gasteiger partial charge is 0.388 e. The van der Waals surface area contributed by atoms with Gasteiger partial charge >= 0.3 is 0 Å². The van der Waals surface area contributed by atoms with Crippen LogP contribution in [0, 0.1) is 0 Å². The molecule has 0 bridgehead atoms. The van der Waals surface area contributed by atoms with Crippen molar-refractivity contribution < 1.29 is 0 Å². The standard InChI is InChI=1S/C15H19N3S/c1-16-12-7-3-2-6-11(12)10-19-15-17-13-8-4-5-9-14(13)18-15/h2-3,6-8,15-17H,4-5,9-10H2,1H3. The zero-order chi connectivity index (χ0) is 13.1. The van der Waals surface area contributed by atoms with Gasteiger partial charge in [0.2, 0.25) is 0 Å². The lowest BCUT2D eigenvalue weighted by atomic mass is 10.0. The minimum absolute atomic E-state index is 0.185. The number of rotatable bonds is 4. The summed E-state index contributed by atoms with van der Waals surface area (Å²) in [6.07, 6.45) is 5.83. The topological polar surface area (TPSA) is 36.4 Å². The van der Waals surface area contributed by atoms with Gasteiger partial charge in [0.05, 0.1) is 11.4 Å². The molecule has 2 aliphatic rings. The Morgan fingerprint density at radius 3 is 3.16 bits per heavy atom. The number of hydrogen-bond donors (Lipinski definition) is 2. The summed E-state index contributed by atoms with van der Waals surface area (Å²) in [5, 5.41) is 6.74. The van der Waals surface area contributed by atoms with Crippen molar-refractivity contribution in [2.24, 2.45) is 4.99 Å². The highest BCUT2D eigenvalue weighted by Crippen LogP contribution is 2.28. The highest BCUT2D eigenvalue weighted by atomic mass is 32.2. The van der Waals surface area contributed by atoms with E-state index in [4.69, 9.17) is 4.99 Å². The van der Waals surface area contributed by atoms with Gasteiger partial charge in [-0.2, -0.15) is 0 Å². The Morgan fingerprint density at radius 1 is 1.42 bits per heavy atom. The predicted octanol–water partition coefficient (Wildman–Crippen LogP) is 3.36. The molecular weight excluding hydrogens is 254 g/mol. The Bertz CT molecular complexity index is 522. The fraction of sp³-hybridized carbons (Fsp3) is 0.400. The fourth-order valence-corrected chi connectivity index (χ4v) is 3.49. The number of benzene rings is 1. The van der Waals surface area contributed by atoms with Crippen LogP contribution in [0.25, 0.3) is 0 Å². The smallest absolute Gasteiger partial charge is 0.167 e. The van der Waals surface area contributed by atoms with Crippen LogP contribution in [0.4, 0.5) is 5.69 Å². The minimum atomic E-state index is 0.185. The predicted molar refractivity (Wildman–Crippen MR) is 83.6 cm³/mol. The molecule has 0 radical (unpaired) electrons. The zero-order valence-corrected chi connectivity index (χ0v) is 12.0. The highest BCUT2D eigenvalue weighted by Gasteiger charge is 2.23. The van der Waals surface area contributed by atoms with E-state index in [1.165, 1.54) is 35.5 Å². The maximum Gasteiger partial charge on any atom is 0.167 e. The van der Waals surface area contributed by atoms with Gasteiger partial charge in [-0.25, -0.2) is 0 Å². The third-order valence-electron chi connectivity index (χ3n) is 3.51. The molecule has 2 N–H and O–H groups in total. The Hall–Kier alpha value is -1.42. The SMILES string of the molecule is CNc1ccccc1CSC1N=C2CCCC=C2N1. The number of para-hydroxylation sites is 1. The number of allylic oxidation sites excluding steroid dienone is 2. The molecule has 19 heavy (non-hydrogen) atoms. The second-order valence-electron chi connectivity index (χ2n) is 4.80. The van der Waals surface area contributed by atoms with E-state index < -0.39 is 0 Å². The molecular formula is C15H19N3S. The van der Waals surface area contributed by atoms with Crippen molar-refractivity contribution in [3.8, 4) is 0 Å². The Morgan fingerprint density at radius 2 is 2.32 bits per heavy atom. The van der Waals surface area contributed by atoms with E-state index in [1.807, 2.05) is 18.8 Å². The van der Waals surface area contributed by atoms with Gasteiger partial charge in [-0.3, -0.25) is 4.99 Å². The van der Waals surface area contributed by atoms with Crippen molar-refractivity contribution >= 4 is 23.2 Å². The Labute approximate surface area is 118 Å². The fourth-order valence-electron chi connectivity index (χ4n) is 2.49. The van der Waals surface area contributed by atoms with Crippen LogP contribution in [0.1, 0.15) is 24.8 Å². The molecule has 1 heterocycles. The van der Waals surface area contributed by atoms with Gasteiger partial charge in [0.25, 0.3) is 0 Å². The first kappa shape index (κ1) is 12.6. The lowest BCUT2D eigenvalue weighted by Crippen LogP contribution is -2.20. The van der Waals surface area contributed by atoms with E-state index in [1.54, 1.807) is 0 Å². The van der Waals surface area contributed by atoms with Crippen molar-refractivity contribution in [3.05, 3.63) is 41.6 Å². The number of hydrogen-bond acceptors (Lipinski definition) is 4. The molecule has 1 atom stereocenters. The molecule has 0 amide bonds. The molecule has 1 aromatic rings. The summed E-state index contributed by atoms with van der Waals surface area (Å²) in [6.45, 7) is 0. The molecule has 1 aliphatic carbocycles. The Balaban J connectivity index is 1.63. The summed E-state index contributed by atoms with van der Waals surface area (Å²) in [5.41, 5.74) is 5.26. The third kappa shape index (κ3) is 2.78. The summed E-state index contributed by atoms with van der Waals surface area (Å²) in [5.74, 6) is 0.971. The van der Waals surface area contributed by atoms with E-state index in [0.717, 1.165) is 12.2 Å². The van der Waals surface area contributed by atoms with Crippen LogP contribution in [0.2, 0.25) is 0 Å². The second kappa shape index (κ2) is 5.70. The average molecular weight is 273 g/mol. The first-order chi connectivity index (χ1) is 9.36. The molecule has 1 aliphatic heterocycles. The van der Waals surface area contributed by atoms with Crippen LogP contribution in [-0.4, -0.2) is 18.3 Å². The first-order valence-corrected chi connectivity index (χ1v) is 7.82. The van der Waals surface area contributed by atoms with E-state index in [9.17, 15) is 0 Å².